The average molecular weight is 181 g/mol. The highest BCUT2D eigenvalue weighted by molar-refractivity contribution is 7.73. The van der Waals surface area contributed by atoms with E-state index in [9.17, 15) is 9.59 Å². The molecule has 0 radical (unpaired) electrons. The Morgan fingerprint density at radius 1 is 1.18 bits per heavy atom. The molecule has 1 aliphatic rings. The molecular formula is C4H7NO5S. The van der Waals surface area contributed by atoms with Crippen LogP contribution < -0.4 is 5.32 Å². The minimum absolute atomic E-state index is 0.148. The normalized spacial score (nSPS) is 15.9. The summed E-state index contributed by atoms with van der Waals surface area (Å²) >= 11 is -2.61. The van der Waals surface area contributed by atoms with Gasteiger partial charge in [0.25, 0.3) is 11.4 Å². The Morgan fingerprint density at radius 3 is 1.55 bits per heavy atom. The van der Waals surface area contributed by atoms with Crippen LogP contribution in [0.2, 0.25) is 0 Å². The summed E-state index contributed by atoms with van der Waals surface area (Å²) in [6, 6.07) is 0. The van der Waals surface area contributed by atoms with E-state index in [2.05, 4.69) is 5.32 Å². The molecule has 11 heavy (non-hydrogen) atoms. The van der Waals surface area contributed by atoms with Crippen LogP contribution in [0.4, 0.5) is 0 Å². The van der Waals surface area contributed by atoms with Gasteiger partial charge < -0.3 is 0 Å². The summed E-state index contributed by atoms with van der Waals surface area (Å²) in [6.07, 6.45) is 0.748. The molecular weight excluding hydrogens is 174 g/mol. The number of carbonyl (C=O) groups is 2. The molecule has 1 fully saturated rings. The highest BCUT2D eigenvalue weighted by Crippen LogP contribution is 1.95. The van der Waals surface area contributed by atoms with Crippen molar-refractivity contribution >= 4 is 23.2 Å². The van der Waals surface area contributed by atoms with Crippen molar-refractivity contribution < 1.29 is 22.9 Å². The van der Waals surface area contributed by atoms with Gasteiger partial charge in [0.05, 0.1) is 0 Å². The smallest absolute Gasteiger partial charge is 0.296 e. The average Bonchev–Trinajstić information content (AvgIpc) is 2.13. The van der Waals surface area contributed by atoms with E-state index in [1.807, 2.05) is 0 Å². The first-order chi connectivity index (χ1) is 5.02. The van der Waals surface area contributed by atoms with E-state index in [4.69, 9.17) is 13.3 Å². The highest BCUT2D eigenvalue weighted by Gasteiger charge is 2.15. The molecule has 6 nitrogen and oxygen atoms in total. The summed E-state index contributed by atoms with van der Waals surface area (Å²) in [7, 11) is 0. The second-order valence-electron chi connectivity index (χ2n) is 1.70. The zero-order valence-electron chi connectivity index (χ0n) is 5.44. The van der Waals surface area contributed by atoms with E-state index in [0.29, 0.717) is 12.8 Å². The number of imide groups is 1. The zero-order chi connectivity index (χ0) is 8.85. The van der Waals surface area contributed by atoms with Crippen LogP contribution in [0.1, 0.15) is 12.8 Å². The topological polar surface area (TPSA) is 104 Å². The molecule has 0 bridgehead atoms. The third kappa shape index (κ3) is 7.10. The van der Waals surface area contributed by atoms with Gasteiger partial charge in [-0.3, -0.25) is 24.0 Å². The van der Waals surface area contributed by atoms with E-state index in [0.717, 1.165) is 0 Å². The van der Waals surface area contributed by atoms with Gasteiger partial charge in [0.15, 0.2) is 0 Å². The fourth-order valence-electron chi connectivity index (χ4n) is 0.508. The van der Waals surface area contributed by atoms with Gasteiger partial charge in [0.2, 0.25) is 11.8 Å². The predicted molar refractivity (Wildman–Crippen MR) is 35.8 cm³/mol. The van der Waals surface area contributed by atoms with Gasteiger partial charge in [-0.05, 0) is 0 Å². The predicted octanol–water partition coefficient (Wildman–Crippen LogP) is -0.896. The number of amides is 2. The molecule has 1 aliphatic heterocycles. The molecule has 0 aromatic carbocycles. The molecule has 64 valence electrons. The lowest BCUT2D eigenvalue weighted by Gasteiger charge is -1.79. The van der Waals surface area contributed by atoms with Crippen molar-refractivity contribution in [2.24, 2.45) is 0 Å². The first kappa shape index (κ1) is 10.2. The maximum Gasteiger partial charge on any atom is 0.299 e. The van der Waals surface area contributed by atoms with E-state index >= 15 is 0 Å². The highest BCUT2D eigenvalue weighted by atomic mass is 32.2. The van der Waals surface area contributed by atoms with Crippen molar-refractivity contribution in [3.8, 4) is 0 Å². The Bertz CT molecular complexity index is 173. The van der Waals surface area contributed by atoms with Crippen molar-refractivity contribution in [3.05, 3.63) is 0 Å². The quantitative estimate of drug-likeness (QED) is 0.332. The SMILES string of the molecule is O=C1CCC(=O)N1.O=S(O)O. The lowest BCUT2D eigenvalue weighted by Crippen LogP contribution is -2.18. The van der Waals surface area contributed by atoms with Crippen LogP contribution in [0.3, 0.4) is 0 Å². The van der Waals surface area contributed by atoms with Gasteiger partial charge >= 0.3 is 0 Å². The fourth-order valence-corrected chi connectivity index (χ4v) is 0.508. The van der Waals surface area contributed by atoms with Crippen LogP contribution in [0.25, 0.3) is 0 Å². The second kappa shape index (κ2) is 4.94. The Labute approximate surface area is 65.1 Å². The maximum absolute atomic E-state index is 10.1. The van der Waals surface area contributed by atoms with E-state index in [-0.39, 0.29) is 11.8 Å². The monoisotopic (exact) mass is 181 g/mol. The summed E-state index contributed by atoms with van der Waals surface area (Å²) in [5, 5.41) is 2.14. The van der Waals surface area contributed by atoms with Crippen LogP contribution in [0.5, 0.6) is 0 Å². The lowest BCUT2D eigenvalue weighted by atomic mass is 10.4. The molecule has 0 atom stereocenters. The first-order valence-electron chi connectivity index (χ1n) is 2.65. The molecule has 0 saturated carbocycles. The van der Waals surface area contributed by atoms with Gasteiger partial charge in [-0.1, -0.05) is 0 Å². The minimum Gasteiger partial charge on any atom is -0.296 e. The van der Waals surface area contributed by atoms with Crippen LogP contribution in [0.15, 0.2) is 0 Å². The summed E-state index contributed by atoms with van der Waals surface area (Å²) in [4.78, 5) is 20.2. The molecule has 0 aromatic rings. The van der Waals surface area contributed by atoms with E-state index in [1.54, 1.807) is 0 Å². The molecule has 0 aliphatic carbocycles. The van der Waals surface area contributed by atoms with Crippen molar-refractivity contribution in [2.45, 2.75) is 12.8 Å². The number of hydrogen-bond acceptors (Lipinski definition) is 3. The summed E-state index contributed by atoms with van der Waals surface area (Å²) in [5.41, 5.74) is 0. The largest absolute Gasteiger partial charge is 0.299 e. The Kier molecular flexibility index (Phi) is 4.59. The molecule has 0 spiro atoms. The van der Waals surface area contributed by atoms with Gasteiger partial charge in [-0.15, -0.1) is 0 Å². The van der Waals surface area contributed by atoms with Gasteiger partial charge in [-0.2, -0.15) is 4.21 Å². The summed E-state index contributed by atoms with van der Waals surface area (Å²) in [6.45, 7) is 0. The van der Waals surface area contributed by atoms with Crippen molar-refractivity contribution in [1.29, 1.82) is 0 Å². The molecule has 0 aromatic heterocycles. The van der Waals surface area contributed by atoms with Gasteiger partial charge in [0.1, 0.15) is 0 Å². The van der Waals surface area contributed by atoms with Crippen molar-refractivity contribution in [3.63, 3.8) is 0 Å². The Balaban J connectivity index is 0.000000218. The van der Waals surface area contributed by atoms with E-state index in [1.165, 1.54) is 0 Å². The summed E-state index contributed by atoms with van der Waals surface area (Å²) < 4.78 is 22.8. The van der Waals surface area contributed by atoms with Gasteiger partial charge in [-0.25, -0.2) is 0 Å². The standard InChI is InChI=1S/C4H5NO2.H2O3S/c6-3-1-2-4(7)5-3;1-4(2)3/h1-2H2,(H,5,6,7);(H2,1,2,3). The summed E-state index contributed by atoms with van der Waals surface area (Å²) in [5.74, 6) is -0.296. The molecule has 7 heteroatoms. The molecule has 3 N–H and O–H groups in total. The molecule has 2 amide bonds. The Morgan fingerprint density at radius 2 is 1.45 bits per heavy atom. The molecule has 1 rings (SSSR count). The second-order valence-corrected chi connectivity index (χ2v) is 2.16. The zero-order valence-corrected chi connectivity index (χ0v) is 6.26. The molecule has 1 saturated heterocycles. The van der Waals surface area contributed by atoms with Crippen LogP contribution in [-0.4, -0.2) is 25.1 Å². The fraction of sp³-hybridized carbons (Fsp3) is 0.500. The number of hydrogen-bond donors (Lipinski definition) is 3. The molecule has 0 unspecified atom stereocenters. The number of nitrogens with one attached hydrogen (secondary N) is 1. The van der Waals surface area contributed by atoms with Crippen LogP contribution in [0, 0.1) is 0 Å². The molecule has 1 heterocycles. The van der Waals surface area contributed by atoms with Gasteiger partial charge in [0, 0.05) is 12.8 Å². The van der Waals surface area contributed by atoms with E-state index < -0.39 is 11.4 Å². The first-order valence-corrected chi connectivity index (χ1v) is 3.71. The third-order valence-electron chi connectivity index (χ3n) is 0.858. The maximum atomic E-state index is 10.1. The van der Waals surface area contributed by atoms with Crippen molar-refractivity contribution in [1.82, 2.24) is 5.32 Å². The van der Waals surface area contributed by atoms with Crippen LogP contribution >= 0.6 is 0 Å². The minimum atomic E-state index is -2.61. The Hall–Kier alpha value is -0.790. The van der Waals surface area contributed by atoms with Crippen LogP contribution in [-0.2, 0) is 21.0 Å². The number of rotatable bonds is 0. The van der Waals surface area contributed by atoms with Crippen molar-refractivity contribution in [2.75, 3.05) is 0 Å². The third-order valence-corrected chi connectivity index (χ3v) is 0.858. The number of carbonyl (C=O) groups excluding carboxylic acids is 2. The lowest BCUT2D eigenvalue weighted by molar-refractivity contribution is -0.124.